The number of benzene rings is 2. The van der Waals surface area contributed by atoms with Crippen LogP contribution < -0.4 is 10.1 Å². The van der Waals surface area contributed by atoms with E-state index in [0.717, 1.165) is 5.56 Å². The Kier molecular flexibility index (Phi) is 7.17. The van der Waals surface area contributed by atoms with E-state index in [4.69, 9.17) is 11.6 Å². The van der Waals surface area contributed by atoms with Gasteiger partial charge in [0.25, 0.3) is 0 Å². The molecule has 0 saturated carbocycles. The summed E-state index contributed by atoms with van der Waals surface area (Å²) in [5.41, 5.74) is -1.74. The van der Waals surface area contributed by atoms with Gasteiger partial charge in [-0.1, -0.05) is 23.9 Å². The first-order valence-corrected chi connectivity index (χ1v) is 10.7. The maximum Gasteiger partial charge on any atom is 0.487 e. The lowest BCUT2D eigenvalue weighted by molar-refractivity contribution is -0.129. The van der Waals surface area contributed by atoms with Crippen molar-refractivity contribution in [2.75, 3.05) is 11.9 Å². The molecule has 2 aromatic rings. The number of carbonyl (C=O) groups is 2. The lowest BCUT2D eigenvalue weighted by atomic mass is 10.2. The third-order valence-corrected chi connectivity index (χ3v) is 5.59. The number of nitrogens with zero attached hydrogens (tertiary/aromatic N) is 2. The van der Waals surface area contributed by atoms with Crippen LogP contribution in [0.4, 0.5) is 20.2 Å². The molecule has 1 atom stereocenters. The van der Waals surface area contributed by atoms with E-state index in [1.165, 1.54) is 40.9 Å². The Morgan fingerprint density at radius 2 is 2.03 bits per heavy atom. The smallest absolute Gasteiger partial charge is 0.420 e. The minimum atomic E-state index is -3.81. The average Bonchev–Trinajstić information content (AvgIpc) is 2.68. The zero-order chi connectivity index (χ0) is 22.6. The highest BCUT2D eigenvalue weighted by molar-refractivity contribution is 8.15. The van der Waals surface area contributed by atoms with Gasteiger partial charge in [-0.2, -0.15) is 0 Å². The molecule has 3 rings (SSSR count). The third kappa shape index (κ3) is 6.41. The van der Waals surface area contributed by atoms with Gasteiger partial charge in [-0.25, -0.2) is 4.99 Å². The van der Waals surface area contributed by atoms with Crippen molar-refractivity contribution in [3.05, 3.63) is 54.1 Å². The predicted molar refractivity (Wildman–Crippen MR) is 118 cm³/mol. The van der Waals surface area contributed by atoms with Gasteiger partial charge in [0.15, 0.2) is 5.17 Å². The summed E-state index contributed by atoms with van der Waals surface area (Å²) in [5, 5.41) is 2.55. The molecule has 0 unspecified atom stereocenters. The zero-order valence-electron chi connectivity index (χ0n) is 16.8. The van der Waals surface area contributed by atoms with Gasteiger partial charge in [0.05, 0.1) is 5.69 Å². The van der Waals surface area contributed by atoms with Crippen LogP contribution in [0.25, 0.3) is 0 Å². The quantitative estimate of drug-likeness (QED) is 0.597. The van der Waals surface area contributed by atoms with E-state index >= 15 is 0 Å². The molecule has 10 heteroatoms. The fourth-order valence-electron chi connectivity index (χ4n) is 2.93. The zero-order valence-corrected chi connectivity index (χ0v) is 18.3. The molecule has 1 saturated heterocycles. The van der Waals surface area contributed by atoms with Gasteiger partial charge in [-0.05, 0) is 55.8 Å². The molecular weight excluding hydrogens is 448 g/mol. The van der Waals surface area contributed by atoms with E-state index in [2.05, 4.69) is 15.0 Å². The summed E-state index contributed by atoms with van der Waals surface area (Å²) in [6.07, 6.45) is 0.0484. The number of nitrogens with one attached hydrogen (secondary N) is 1. The number of hydrogen-bond donors (Lipinski definition) is 1. The number of halogens is 3. The van der Waals surface area contributed by atoms with Crippen LogP contribution in [0.5, 0.6) is 5.75 Å². The topological polar surface area (TPSA) is 71.0 Å². The van der Waals surface area contributed by atoms with Crippen molar-refractivity contribution in [2.45, 2.75) is 31.1 Å². The first-order valence-electron chi connectivity index (χ1n) is 9.43. The summed E-state index contributed by atoms with van der Waals surface area (Å²) >= 11 is 5.94. The molecule has 1 aliphatic heterocycles. The molecule has 2 amide bonds. The third-order valence-electron chi connectivity index (χ3n) is 4.33. The van der Waals surface area contributed by atoms with Crippen LogP contribution in [0, 0.1) is 6.92 Å². The molecule has 2 aromatic carbocycles. The largest absolute Gasteiger partial charge is 0.487 e. The number of aliphatic imine (C=N–C) groups is 1. The lowest BCUT2D eigenvalue weighted by Gasteiger charge is -2.31. The van der Waals surface area contributed by atoms with Crippen LogP contribution in [-0.2, 0) is 9.59 Å². The van der Waals surface area contributed by atoms with E-state index in [9.17, 15) is 18.4 Å². The Hall–Kier alpha value is -2.65. The molecule has 0 aromatic heterocycles. The minimum Gasteiger partial charge on any atom is -0.420 e. The van der Waals surface area contributed by atoms with Crippen LogP contribution in [0.1, 0.15) is 18.9 Å². The summed E-state index contributed by atoms with van der Waals surface area (Å²) in [6.45, 7) is 4.11. The van der Waals surface area contributed by atoms with Crippen molar-refractivity contribution in [2.24, 2.45) is 4.99 Å². The van der Waals surface area contributed by atoms with Crippen molar-refractivity contribution in [1.29, 1.82) is 0 Å². The fraction of sp³-hybridized carbons (Fsp3) is 0.286. The molecule has 0 bridgehead atoms. The second kappa shape index (κ2) is 9.65. The van der Waals surface area contributed by atoms with Crippen LogP contribution >= 0.6 is 23.4 Å². The monoisotopic (exact) mass is 467 g/mol. The number of amidine groups is 1. The Labute approximate surface area is 187 Å². The lowest BCUT2D eigenvalue weighted by Crippen LogP contribution is -2.45. The summed E-state index contributed by atoms with van der Waals surface area (Å²) in [7, 11) is 0. The first-order chi connectivity index (χ1) is 14.6. The van der Waals surface area contributed by atoms with Gasteiger partial charge in [0.1, 0.15) is 11.0 Å². The normalized spacial score (nSPS) is 18.2. The number of hydrogen-bond acceptors (Lipinski definition) is 5. The molecular formula is C21H20ClF2N3O3S. The standard InChI is InChI=1S/C21H20ClF2N3O3S/c1-3-27-18(28)12-17(19(29)25-15-6-4-5-13(2)11-15)31-20(27)26-14-7-9-16(10-8-14)30-21(22,23)24/h4-11,17H,3,12H2,1-2H3,(H,25,29)/t17-/m1/s1. The van der Waals surface area contributed by atoms with Gasteiger partial charge in [0, 0.05) is 30.3 Å². The van der Waals surface area contributed by atoms with E-state index < -0.39 is 10.8 Å². The molecule has 31 heavy (non-hydrogen) atoms. The molecule has 1 aliphatic rings. The van der Waals surface area contributed by atoms with Gasteiger partial charge in [0.2, 0.25) is 11.8 Å². The van der Waals surface area contributed by atoms with Gasteiger partial charge >= 0.3 is 5.57 Å². The molecule has 0 radical (unpaired) electrons. The second-order valence-corrected chi connectivity index (χ2v) is 8.35. The van der Waals surface area contributed by atoms with E-state index in [1.807, 2.05) is 25.1 Å². The van der Waals surface area contributed by atoms with Crippen LogP contribution in [0.15, 0.2) is 53.5 Å². The summed E-state index contributed by atoms with van der Waals surface area (Å²) < 4.78 is 29.8. The van der Waals surface area contributed by atoms with Crippen molar-refractivity contribution in [1.82, 2.24) is 4.90 Å². The number of carbonyl (C=O) groups excluding carboxylic acids is 2. The van der Waals surface area contributed by atoms with Gasteiger partial charge in [-0.15, -0.1) is 8.78 Å². The highest BCUT2D eigenvalue weighted by Gasteiger charge is 2.35. The second-order valence-electron chi connectivity index (χ2n) is 6.74. The van der Waals surface area contributed by atoms with E-state index in [1.54, 1.807) is 13.0 Å². The highest BCUT2D eigenvalue weighted by atomic mass is 35.5. The van der Waals surface area contributed by atoms with Gasteiger partial charge < -0.3 is 10.1 Å². The summed E-state index contributed by atoms with van der Waals surface area (Å²) in [5.74, 6) is -0.634. The first kappa shape index (κ1) is 23.0. The predicted octanol–water partition coefficient (Wildman–Crippen LogP) is 5.14. The molecule has 1 N–H and O–H groups in total. The number of rotatable bonds is 6. The van der Waals surface area contributed by atoms with Crippen molar-refractivity contribution < 1.29 is 23.1 Å². The average molecular weight is 468 g/mol. The number of aryl methyl sites for hydroxylation is 1. The van der Waals surface area contributed by atoms with Crippen LogP contribution in [0.2, 0.25) is 0 Å². The molecule has 6 nitrogen and oxygen atoms in total. The Morgan fingerprint density at radius 1 is 1.32 bits per heavy atom. The Morgan fingerprint density at radius 3 is 2.65 bits per heavy atom. The van der Waals surface area contributed by atoms with Crippen molar-refractivity contribution >= 4 is 51.7 Å². The molecule has 1 fully saturated rings. The molecule has 164 valence electrons. The molecule has 0 aliphatic carbocycles. The minimum absolute atomic E-state index is 0.0484. The molecule has 0 spiro atoms. The van der Waals surface area contributed by atoms with Crippen molar-refractivity contribution in [3.8, 4) is 5.75 Å². The Bertz CT molecular complexity index is 996. The van der Waals surface area contributed by atoms with Crippen LogP contribution in [0.3, 0.4) is 0 Å². The molecule has 1 heterocycles. The van der Waals surface area contributed by atoms with E-state index in [0.29, 0.717) is 23.1 Å². The number of thioether (sulfide) groups is 1. The summed E-state index contributed by atoms with van der Waals surface area (Å²) in [4.78, 5) is 31.3. The summed E-state index contributed by atoms with van der Waals surface area (Å²) in [6, 6.07) is 12.9. The number of anilines is 1. The maximum absolute atomic E-state index is 12.7. The van der Waals surface area contributed by atoms with Crippen molar-refractivity contribution in [3.63, 3.8) is 0 Å². The Balaban J connectivity index is 1.77. The van der Waals surface area contributed by atoms with E-state index in [-0.39, 0.29) is 24.0 Å². The van der Waals surface area contributed by atoms with Gasteiger partial charge in [-0.3, -0.25) is 14.5 Å². The number of alkyl halides is 3. The highest BCUT2D eigenvalue weighted by Crippen LogP contribution is 2.31. The SMILES string of the molecule is CCN1C(=O)C[C@H](C(=O)Nc2cccc(C)c2)SC1=Nc1ccc(OC(F)(F)Cl)cc1. The number of amides is 2. The fourth-order valence-corrected chi connectivity index (χ4v) is 4.18. The maximum atomic E-state index is 12.7. The van der Waals surface area contributed by atoms with Crippen LogP contribution in [-0.4, -0.2) is 39.2 Å². The number of ether oxygens (including phenoxy) is 1.